The normalized spacial score (nSPS) is 15.6. The Morgan fingerprint density at radius 1 is 0.897 bits per heavy atom. The zero-order chi connectivity index (χ0) is 20.9. The lowest BCUT2D eigenvalue weighted by atomic mass is 10.1. The van der Waals surface area contributed by atoms with E-state index < -0.39 is 10.0 Å². The third kappa shape index (κ3) is 5.04. The van der Waals surface area contributed by atoms with Gasteiger partial charge in [-0.15, -0.1) is 0 Å². The van der Waals surface area contributed by atoms with Crippen molar-refractivity contribution in [2.45, 2.75) is 18.7 Å². The number of Topliss-reactive ketones (excluding diaryl/α,β-unsaturated/α-hetero) is 1. The highest BCUT2D eigenvalue weighted by Gasteiger charge is 2.23. The van der Waals surface area contributed by atoms with E-state index in [1.54, 1.807) is 12.1 Å². The summed E-state index contributed by atoms with van der Waals surface area (Å²) in [4.78, 5) is 17.4. The summed E-state index contributed by atoms with van der Waals surface area (Å²) < 4.78 is 26.5. The van der Waals surface area contributed by atoms with Gasteiger partial charge in [-0.1, -0.05) is 44.2 Å². The average molecular weight is 416 g/mol. The zero-order valence-corrected chi connectivity index (χ0v) is 17.9. The number of carbonyl (C=O) groups excluding carboxylic acids is 1. The number of sulfonamides is 1. The summed E-state index contributed by atoms with van der Waals surface area (Å²) in [5.41, 5.74) is 1.76. The molecule has 2 aromatic rings. The van der Waals surface area contributed by atoms with Crippen LogP contribution in [0.3, 0.4) is 0 Å². The first-order valence-corrected chi connectivity index (χ1v) is 11.6. The second-order valence-electron chi connectivity index (χ2n) is 7.14. The Hall–Kier alpha value is -2.22. The molecule has 6 nitrogen and oxygen atoms in total. The minimum Gasteiger partial charge on any atom is -0.369 e. The van der Waals surface area contributed by atoms with Crippen molar-refractivity contribution in [2.75, 3.05) is 50.7 Å². The number of nitrogens with zero attached hydrogens (tertiary/aromatic N) is 3. The Kier molecular flexibility index (Phi) is 7.05. The molecule has 1 aliphatic heterocycles. The largest absolute Gasteiger partial charge is 0.369 e. The van der Waals surface area contributed by atoms with Crippen molar-refractivity contribution in [1.82, 2.24) is 9.21 Å². The van der Waals surface area contributed by atoms with E-state index in [1.807, 2.05) is 32.0 Å². The molecule has 156 valence electrons. The summed E-state index contributed by atoms with van der Waals surface area (Å²) in [5.74, 6) is 0.0185. The van der Waals surface area contributed by atoms with E-state index in [2.05, 4.69) is 21.9 Å². The molecule has 0 unspecified atom stereocenters. The van der Waals surface area contributed by atoms with E-state index in [0.29, 0.717) is 25.2 Å². The predicted octanol–water partition coefficient (Wildman–Crippen LogP) is 2.72. The first-order valence-electron chi connectivity index (χ1n) is 10.1. The third-order valence-electron chi connectivity index (χ3n) is 5.38. The average Bonchev–Trinajstić information content (AvgIpc) is 2.75. The highest BCUT2D eigenvalue weighted by atomic mass is 32.2. The molecular formula is C22H29N3O3S. The number of benzene rings is 2. The van der Waals surface area contributed by atoms with Crippen LogP contribution in [-0.4, -0.2) is 69.2 Å². The van der Waals surface area contributed by atoms with Crippen molar-refractivity contribution >= 4 is 21.5 Å². The van der Waals surface area contributed by atoms with E-state index in [0.717, 1.165) is 26.2 Å². The lowest BCUT2D eigenvalue weighted by Gasteiger charge is -2.35. The molecule has 1 fully saturated rings. The van der Waals surface area contributed by atoms with E-state index in [1.165, 1.54) is 22.1 Å². The molecule has 0 atom stereocenters. The van der Waals surface area contributed by atoms with Crippen molar-refractivity contribution in [3.05, 3.63) is 60.2 Å². The Morgan fingerprint density at radius 3 is 2.03 bits per heavy atom. The summed E-state index contributed by atoms with van der Waals surface area (Å²) >= 11 is 0. The molecule has 29 heavy (non-hydrogen) atoms. The second kappa shape index (κ2) is 9.52. The number of rotatable bonds is 8. The molecule has 0 N–H and O–H groups in total. The lowest BCUT2D eigenvalue weighted by Crippen LogP contribution is -2.48. The van der Waals surface area contributed by atoms with Crippen LogP contribution in [0.2, 0.25) is 0 Å². The molecule has 1 heterocycles. The SMILES string of the molecule is CCN(CC)S(=O)(=O)c1ccc(C(=O)CN2CCN(c3ccccc3)CC2)cc1. The number of anilines is 1. The van der Waals surface area contributed by atoms with Crippen LogP contribution in [-0.2, 0) is 10.0 Å². The van der Waals surface area contributed by atoms with Crippen LogP contribution in [0.25, 0.3) is 0 Å². The molecule has 0 bridgehead atoms. The van der Waals surface area contributed by atoms with Crippen LogP contribution in [0.4, 0.5) is 5.69 Å². The van der Waals surface area contributed by atoms with Gasteiger partial charge in [0.1, 0.15) is 0 Å². The molecule has 3 rings (SSSR count). The molecule has 0 saturated carbocycles. The lowest BCUT2D eigenvalue weighted by molar-refractivity contribution is 0.0926. The maximum Gasteiger partial charge on any atom is 0.243 e. The number of hydrogen-bond donors (Lipinski definition) is 0. The van der Waals surface area contributed by atoms with Gasteiger partial charge >= 0.3 is 0 Å². The monoisotopic (exact) mass is 415 g/mol. The van der Waals surface area contributed by atoms with Crippen LogP contribution in [0, 0.1) is 0 Å². The molecule has 2 aromatic carbocycles. The number of hydrogen-bond acceptors (Lipinski definition) is 5. The Balaban J connectivity index is 1.58. The summed E-state index contributed by atoms with van der Waals surface area (Å²) in [6.45, 7) is 8.27. The molecule has 1 aliphatic rings. The summed E-state index contributed by atoms with van der Waals surface area (Å²) in [6, 6.07) is 16.6. The van der Waals surface area contributed by atoms with Crippen LogP contribution >= 0.6 is 0 Å². The van der Waals surface area contributed by atoms with Gasteiger partial charge in [-0.3, -0.25) is 9.69 Å². The first kappa shape index (κ1) is 21.5. The Morgan fingerprint density at radius 2 is 1.48 bits per heavy atom. The number of ketones is 1. The van der Waals surface area contributed by atoms with Crippen LogP contribution in [0.5, 0.6) is 0 Å². The van der Waals surface area contributed by atoms with E-state index in [-0.39, 0.29) is 10.7 Å². The van der Waals surface area contributed by atoms with Crippen LogP contribution < -0.4 is 4.90 Å². The fourth-order valence-electron chi connectivity index (χ4n) is 3.62. The molecule has 0 aromatic heterocycles. The molecule has 0 spiro atoms. The number of para-hydroxylation sites is 1. The molecule has 0 aliphatic carbocycles. The zero-order valence-electron chi connectivity index (χ0n) is 17.1. The van der Waals surface area contributed by atoms with Gasteiger partial charge in [0.15, 0.2) is 5.78 Å². The van der Waals surface area contributed by atoms with Gasteiger partial charge in [0.25, 0.3) is 0 Å². The highest BCUT2D eigenvalue weighted by Crippen LogP contribution is 2.18. The Bertz CT molecular complexity index is 902. The van der Waals surface area contributed by atoms with Gasteiger partial charge in [0, 0.05) is 50.5 Å². The smallest absolute Gasteiger partial charge is 0.243 e. The predicted molar refractivity (Wildman–Crippen MR) is 116 cm³/mol. The summed E-state index contributed by atoms with van der Waals surface area (Å²) in [5, 5.41) is 0. The maximum absolute atomic E-state index is 12.7. The third-order valence-corrected chi connectivity index (χ3v) is 7.44. The minimum atomic E-state index is -3.50. The van der Waals surface area contributed by atoms with Gasteiger partial charge in [-0.2, -0.15) is 4.31 Å². The minimum absolute atomic E-state index is 0.0185. The second-order valence-corrected chi connectivity index (χ2v) is 9.07. The quantitative estimate of drug-likeness (QED) is 0.621. The first-order chi connectivity index (χ1) is 14.0. The van der Waals surface area contributed by atoms with Crippen molar-refractivity contribution in [2.24, 2.45) is 0 Å². The highest BCUT2D eigenvalue weighted by molar-refractivity contribution is 7.89. The van der Waals surface area contributed by atoms with Gasteiger partial charge in [-0.25, -0.2) is 8.42 Å². The topological polar surface area (TPSA) is 60.9 Å². The molecular weight excluding hydrogens is 386 g/mol. The van der Waals surface area contributed by atoms with Crippen molar-refractivity contribution < 1.29 is 13.2 Å². The molecule has 7 heteroatoms. The van der Waals surface area contributed by atoms with Crippen molar-refractivity contribution in [1.29, 1.82) is 0 Å². The van der Waals surface area contributed by atoms with Gasteiger partial charge in [-0.05, 0) is 24.3 Å². The van der Waals surface area contributed by atoms with Gasteiger partial charge in [0.05, 0.1) is 11.4 Å². The molecule has 0 amide bonds. The van der Waals surface area contributed by atoms with Crippen LogP contribution in [0.15, 0.2) is 59.5 Å². The summed E-state index contributed by atoms with van der Waals surface area (Å²) in [7, 11) is -3.50. The van der Waals surface area contributed by atoms with E-state index in [9.17, 15) is 13.2 Å². The number of piperazine rings is 1. The van der Waals surface area contributed by atoms with Crippen molar-refractivity contribution in [3.63, 3.8) is 0 Å². The van der Waals surface area contributed by atoms with E-state index in [4.69, 9.17) is 0 Å². The fourth-order valence-corrected chi connectivity index (χ4v) is 5.08. The van der Waals surface area contributed by atoms with Crippen LogP contribution in [0.1, 0.15) is 24.2 Å². The molecule has 0 radical (unpaired) electrons. The van der Waals surface area contributed by atoms with Gasteiger partial charge < -0.3 is 4.90 Å². The molecule has 1 saturated heterocycles. The fraction of sp³-hybridized carbons (Fsp3) is 0.409. The Labute approximate surface area is 173 Å². The maximum atomic E-state index is 12.7. The number of carbonyl (C=O) groups is 1. The summed E-state index contributed by atoms with van der Waals surface area (Å²) in [6.07, 6.45) is 0. The van der Waals surface area contributed by atoms with Crippen molar-refractivity contribution in [3.8, 4) is 0 Å². The van der Waals surface area contributed by atoms with E-state index >= 15 is 0 Å². The standard InChI is InChI=1S/C22H29N3O3S/c1-3-25(4-2)29(27,28)21-12-10-19(11-13-21)22(26)18-23-14-16-24(17-15-23)20-8-6-5-7-9-20/h5-13H,3-4,14-18H2,1-2H3. The van der Waals surface area contributed by atoms with Gasteiger partial charge in [0.2, 0.25) is 10.0 Å².